The molecule has 1 aliphatic rings. The molecule has 2 aromatic heterocycles. The highest BCUT2D eigenvalue weighted by Gasteiger charge is 2.29. The number of carbonyl (C=O) groups excluding carboxylic acids is 2. The molecule has 0 aliphatic heterocycles. The lowest BCUT2D eigenvalue weighted by Crippen LogP contribution is -2.35. The van der Waals surface area contributed by atoms with Gasteiger partial charge in [-0.05, 0) is 38.7 Å². The summed E-state index contributed by atoms with van der Waals surface area (Å²) in [6.45, 7) is 3.82. The van der Waals surface area contributed by atoms with E-state index in [1.54, 1.807) is 29.8 Å². The molecule has 0 spiro atoms. The minimum atomic E-state index is -3.55. The number of aryl methyl sites for hydroxylation is 1. The number of fused-ring (bicyclic) bond motifs is 1. The number of sulfone groups is 1. The number of benzene rings is 1. The van der Waals surface area contributed by atoms with E-state index in [0.29, 0.717) is 16.9 Å². The highest BCUT2D eigenvalue weighted by atomic mass is 32.2. The largest absolute Gasteiger partial charge is 0.447 e. The van der Waals surface area contributed by atoms with Crippen LogP contribution < -0.4 is 10.6 Å². The van der Waals surface area contributed by atoms with Gasteiger partial charge in [-0.25, -0.2) is 13.2 Å². The third-order valence-electron chi connectivity index (χ3n) is 6.82. The maximum Gasteiger partial charge on any atom is 0.407 e. The van der Waals surface area contributed by atoms with Gasteiger partial charge in [-0.1, -0.05) is 25.1 Å². The summed E-state index contributed by atoms with van der Waals surface area (Å²) in [5.74, 6) is 0.192. The number of nitrogens with one attached hydrogen (secondary N) is 3. The Balaban J connectivity index is 1.40. The van der Waals surface area contributed by atoms with Crippen LogP contribution in [0.15, 0.2) is 35.2 Å². The van der Waals surface area contributed by atoms with Gasteiger partial charge in [0.15, 0.2) is 15.7 Å². The van der Waals surface area contributed by atoms with Crippen molar-refractivity contribution in [1.82, 2.24) is 20.1 Å². The van der Waals surface area contributed by atoms with Gasteiger partial charge in [-0.2, -0.15) is 5.10 Å². The van der Waals surface area contributed by atoms with Crippen molar-refractivity contribution in [3.63, 3.8) is 0 Å². The molecule has 1 aliphatic carbocycles. The standard InChI is InChI=1S/C25H33N5O5S/c1-5-15(2)35-25(32)26-17-11-10-16(12-17)19-13-22(29-28-19)27-23(31)14-21-24(36(4,33)34)18-8-6-7-9-20(18)30(21)3/h6-9,13,15-17H,5,10-12,14H2,1-4H3,(H,26,32)(H2,27,28,29,31). The predicted molar refractivity (Wildman–Crippen MR) is 137 cm³/mol. The molecule has 3 aromatic rings. The lowest BCUT2D eigenvalue weighted by atomic mass is 10.0. The second-order valence-electron chi connectivity index (χ2n) is 9.53. The maximum atomic E-state index is 12.9. The number of H-pyrrole nitrogens is 1. The smallest absolute Gasteiger partial charge is 0.407 e. The van der Waals surface area contributed by atoms with Crippen molar-refractivity contribution in [3.8, 4) is 0 Å². The molecule has 3 unspecified atom stereocenters. The first-order chi connectivity index (χ1) is 17.1. The number of aromatic amines is 1. The van der Waals surface area contributed by atoms with Crippen LogP contribution in [0.5, 0.6) is 0 Å². The lowest BCUT2D eigenvalue weighted by molar-refractivity contribution is -0.115. The zero-order valence-electron chi connectivity index (χ0n) is 21.0. The zero-order chi connectivity index (χ0) is 26.0. The summed E-state index contributed by atoms with van der Waals surface area (Å²) in [5.41, 5.74) is 2.06. The third kappa shape index (κ3) is 5.56. The topological polar surface area (TPSA) is 135 Å². The molecule has 1 saturated carbocycles. The predicted octanol–water partition coefficient (Wildman–Crippen LogP) is 3.65. The molecule has 0 bridgehead atoms. The van der Waals surface area contributed by atoms with E-state index in [2.05, 4.69) is 20.8 Å². The van der Waals surface area contributed by atoms with Gasteiger partial charge < -0.3 is 19.9 Å². The molecule has 2 amide bonds. The van der Waals surface area contributed by atoms with Crippen LogP contribution in [0.3, 0.4) is 0 Å². The fraction of sp³-hybridized carbons (Fsp3) is 0.480. The Morgan fingerprint density at radius 3 is 2.75 bits per heavy atom. The average molecular weight is 516 g/mol. The molecular weight excluding hydrogens is 482 g/mol. The number of aromatic nitrogens is 3. The number of carbonyl (C=O) groups is 2. The normalized spacial score (nSPS) is 18.8. The minimum absolute atomic E-state index is 0.0220. The Hall–Kier alpha value is -3.34. The van der Waals surface area contributed by atoms with Gasteiger partial charge in [0.2, 0.25) is 5.91 Å². The number of amides is 2. The molecule has 4 rings (SSSR count). The molecule has 2 heterocycles. The van der Waals surface area contributed by atoms with E-state index in [-0.39, 0.29) is 35.3 Å². The number of anilines is 1. The Labute approximate surface area is 210 Å². The second-order valence-corrected chi connectivity index (χ2v) is 11.5. The highest BCUT2D eigenvalue weighted by molar-refractivity contribution is 7.91. The molecule has 0 saturated heterocycles. The highest BCUT2D eigenvalue weighted by Crippen LogP contribution is 2.34. The van der Waals surface area contributed by atoms with E-state index in [0.717, 1.165) is 43.1 Å². The van der Waals surface area contributed by atoms with Crippen molar-refractivity contribution >= 4 is 38.6 Å². The molecule has 194 valence electrons. The van der Waals surface area contributed by atoms with Gasteiger partial charge in [0.25, 0.3) is 0 Å². The third-order valence-corrected chi connectivity index (χ3v) is 8.02. The molecule has 36 heavy (non-hydrogen) atoms. The van der Waals surface area contributed by atoms with Crippen molar-refractivity contribution in [2.45, 2.75) is 68.9 Å². The molecule has 1 fully saturated rings. The van der Waals surface area contributed by atoms with Crippen LogP contribution >= 0.6 is 0 Å². The van der Waals surface area contributed by atoms with E-state index in [1.165, 1.54) is 0 Å². The van der Waals surface area contributed by atoms with Gasteiger partial charge in [-0.3, -0.25) is 9.89 Å². The summed E-state index contributed by atoms with van der Waals surface area (Å²) in [6, 6.07) is 9.01. The molecule has 3 atom stereocenters. The van der Waals surface area contributed by atoms with Gasteiger partial charge >= 0.3 is 6.09 Å². The molecule has 11 heteroatoms. The number of ether oxygens (including phenoxy) is 1. The maximum absolute atomic E-state index is 12.9. The van der Waals surface area contributed by atoms with Crippen LogP contribution in [0, 0.1) is 0 Å². The van der Waals surface area contributed by atoms with Crippen LogP contribution in [0.2, 0.25) is 0 Å². The summed E-state index contributed by atoms with van der Waals surface area (Å²) in [7, 11) is -1.79. The van der Waals surface area contributed by atoms with Gasteiger partial charge in [0.05, 0.1) is 11.3 Å². The first-order valence-corrected chi connectivity index (χ1v) is 14.0. The van der Waals surface area contributed by atoms with Crippen LogP contribution in [0.4, 0.5) is 10.6 Å². The first-order valence-electron chi connectivity index (χ1n) is 12.2. The fourth-order valence-corrected chi connectivity index (χ4v) is 6.04. The Morgan fingerprint density at radius 1 is 1.28 bits per heavy atom. The quantitative estimate of drug-likeness (QED) is 0.419. The zero-order valence-corrected chi connectivity index (χ0v) is 21.8. The average Bonchev–Trinajstić information content (AvgIpc) is 3.52. The second kappa shape index (κ2) is 10.3. The van der Waals surface area contributed by atoms with Crippen LogP contribution in [-0.2, 0) is 32.8 Å². The monoisotopic (exact) mass is 515 g/mol. The number of hydrogen-bond donors (Lipinski definition) is 3. The van der Waals surface area contributed by atoms with Crippen molar-refractivity contribution in [2.24, 2.45) is 7.05 Å². The first kappa shape index (κ1) is 25.7. The Morgan fingerprint density at radius 2 is 2.03 bits per heavy atom. The van der Waals surface area contributed by atoms with Crippen molar-refractivity contribution in [2.75, 3.05) is 11.6 Å². The summed E-state index contributed by atoms with van der Waals surface area (Å²) in [6.07, 6.45) is 3.75. The fourth-order valence-electron chi connectivity index (χ4n) is 4.83. The van der Waals surface area contributed by atoms with Crippen LogP contribution in [-0.4, -0.2) is 53.6 Å². The summed E-state index contributed by atoms with van der Waals surface area (Å²) >= 11 is 0. The summed E-state index contributed by atoms with van der Waals surface area (Å²) < 4.78 is 32.1. The summed E-state index contributed by atoms with van der Waals surface area (Å²) in [5, 5.41) is 13.5. The van der Waals surface area contributed by atoms with Crippen molar-refractivity contribution in [1.29, 1.82) is 0 Å². The Kier molecular flexibility index (Phi) is 7.39. The number of para-hydroxylation sites is 1. The molecule has 10 nitrogen and oxygen atoms in total. The Bertz CT molecular complexity index is 1380. The van der Waals surface area contributed by atoms with Gasteiger partial charge in [0, 0.05) is 53.6 Å². The SMILES string of the molecule is CCC(C)OC(=O)NC1CCC(c2cc(NC(=O)Cc3c(S(C)(=O)=O)c4ccccc4n3C)n[nH]2)C1. The number of rotatable bonds is 8. The molecule has 3 N–H and O–H groups in total. The minimum Gasteiger partial charge on any atom is -0.447 e. The number of nitrogens with zero attached hydrogens (tertiary/aromatic N) is 2. The van der Waals surface area contributed by atoms with Crippen molar-refractivity contribution < 1.29 is 22.7 Å². The molecule has 0 radical (unpaired) electrons. The van der Waals surface area contributed by atoms with Crippen LogP contribution in [0.25, 0.3) is 10.9 Å². The van der Waals surface area contributed by atoms with E-state index >= 15 is 0 Å². The van der Waals surface area contributed by atoms with E-state index in [4.69, 9.17) is 4.74 Å². The summed E-state index contributed by atoms with van der Waals surface area (Å²) in [4.78, 5) is 25.1. The molecular formula is C25H33N5O5S. The molecule has 1 aromatic carbocycles. The number of alkyl carbamates (subject to hydrolysis) is 1. The lowest BCUT2D eigenvalue weighted by Gasteiger charge is -2.16. The van der Waals surface area contributed by atoms with Crippen molar-refractivity contribution in [3.05, 3.63) is 41.7 Å². The number of hydrogen-bond acceptors (Lipinski definition) is 6. The van der Waals surface area contributed by atoms with E-state index in [9.17, 15) is 18.0 Å². The van der Waals surface area contributed by atoms with Crippen LogP contribution in [0.1, 0.15) is 56.8 Å². The van der Waals surface area contributed by atoms with E-state index < -0.39 is 15.9 Å². The van der Waals surface area contributed by atoms with Gasteiger partial charge in [-0.15, -0.1) is 0 Å². The van der Waals surface area contributed by atoms with Gasteiger partial charge in [0.1, 0.15) is 6.10 Å². The van der Waals surface area contributed by atoms with E-state index in [1.807, 2.05) is 26.0 Å².